The van der Waals surface area contributed by atoms with Crippen molar-refractivity contribution in [1.29, 1.82) is 0 Å². The lowest BCUT2D eigenvalue weighted by Gasteiger charge is -2.30. The third-order valence-electron chi connectivity index (χ3n) is 3.89. The molecule has 0 saturated carbocycles. The zero-order valence-corrected chi connectivity index (χ0v) is 16.1. The predicted molar refractivity (Wildman–Crippen MR) is 95.4 cm³/mol. The lowest BCUT2D eigenvalue weighted by molar-refractivity contribution is -0.358. The number of carbonyl (C=O) groups excluding carboxylic acids is 2. The summed E-state index contributed by atoms with van der Waals surface area (Å²) in [6.45, 7) is 12.0. The Morgan fingerprint density at radius 1 is 1.00 bits per heavy atom. The molecule has 0 aliphatic rings. The van der Waals surface area contributed by atoms with Gasteiger partial charge in [-0.25, -0.2) is 9.59 Å². The number of ether oxygens (including phenoxy) is 2. The number of unbranched alkanes of at least 4 members (excludes halogenated alkanes) is 4. The molecule has 6 heteroatoms. The fraction of sp³-hybridized carbons (Fsp3) is 0.684. The fourth-order valence-electron chi connectivity index (χ4n) is 1.97. The standard InChI is InChI=1S/C19H32O6/c1-7-8-9-10-11-12-16(24-17(20)14(4)5)19(22,23)25-18(21)15(6)13(2)3/h16,22-23H,4,7-12H2,1-3,5-6H3. The zero-order chi connectivity index (χ0) is 19.6. The molecule has 0 aromatic heterocycles. The topological polar surface area (TPSA) is 93.1 Å². The first kappa shape index (κ1) is 23.3. The Balaban J connectivity index is 5.06. The van der Waals surface area contributed by atoms with E-state index in [1.807, 2.05) is 0 Å². The third-order valence-corrected chi connectivity index (χ3v) is 3.89. The second-order valence-electron chi connectivity index (χ2n) is 6.55. The maximum Gasteiger partial charge on any atom is 0.363 e. The van der Waals surface area contributed by atoms with E-state index in [0.29, 0.717) is 12.0 Å². The number of hydrogen-bond donors (Lipinski definition) is 2. The van der Waals surface area contributed by atoms with Crippen molar-refractivity contribution in [3.63, 3.8) is 0 Å². The van der Waals surface area contributed by atoms with E-state index in [2.05, 4.69) is 13.5 Å². The molecule has 144 valence electrons. The molecule has 6 nitrogen and oxygen atoms in total. The molecule has 1 unspecified atom stereocenters. The molecule has 0 aliphatic carbocycles. The van der Waals surface area contributed by atoms with Gasteiger partial charge in [0.25, 0.3) is 0 Å². The molecule has 2 N–H and O–H groups in total. The van der Waals surface area contributed by atoms with Crippen LogP contribution in [0.5, 0.6) is 0 Å². The van der Waals surface area contributed by atoms with Crippen LogP contribution in [0.4, 0.5) is 0 Å². The number of carbonyl (C=O) groups is 2. The molecule has 0 aromatic rings. The maximum absolute atomic E-state index is 12.0. The van der Waals surface area contributed by atoms with Crippen molar-refractivity contribution in [3.05, 3.63) is 23.3 Å². The van der Waals surface area contributed by atoms with Gasteiger partial charge in [0.2, 0.25) is 0 Å². The summed E-state index contributed by atoms with van der Waals surface area (Å²) >= 11 is 0. The minimum Gasteiger partial charge on any atom is -0.449 e. The summed E-state index contributed by atoms with van der Waals surface area (Å²) in [7, 11) is 0. The van der Waals surface area contributed by atoms with Crippen molar-refractivity contribution in [2.75, 3.05) is 0 Å². The molecule has 0 rings (SSSR count). The van der Waals surface area contributed by atoms with Crippen LogP contribution in [0.2, 0.25) is 0 Å². The van der Waals surface area contributed by atoms with Crippen LogP contribution in [-0.4, -0.2) is 34.2 Å². The summed E-state index contributed by atoms with van der Waals surface area (Å²) in [5.74, 6) is -4.53. The highest BCUT2D eigenvalue weighted by Gasteiger charge is 2.42. The number of rotatable bonds is 11. The van der Waals surface area contributed by atoms with E-state index in [4.69, 9.17) is 9.47 Å². The minimum absolute atomic E-state index is 0.124. The van der Waals surface area contributed by atoms with E-state index >= 15 is 0 Å². The molecule has 25 heavy (non-hydrogen) atoms. The summed E-state index contributed by atoms with van der Waals surface area (Å²) in [4.78, 5) is 23.8. The summed E-state index contributed by atoms with van der Waals surface area (Å²) in [5, 5.41) is 20.4. The van der Waals surface area contributed by atoms with Crippen molar-refractivity contribution in [1.82, 2.24) is 0 Å². The Labute approximate surface area is 150 Å². The van der Waals surface area contributed by atoms with Gasteiger partial charge in [-0.05, 0) is 40.5 Å². The molecule has 0 spiro atoms. The smallest absolute Gasteiger partial charge is 0.363 e. The van der Waals surface area contributed by atoms with Crippen molar-refractivity contribution >= 4 is 11.9 Å². The first-order valence-electron chi connectivity index (χ1n) is 8.71. The largest absolute Gasteiger partial charge is 0.449 e. The first-order valence-corrected chi connectivity index (χ1v) is 8.71. The lowest BCUT2D eigenvalue weighted by atomic mass is 10.1. The highest BCUT2D eigenvalue weighted by atomic mass is 16.8. The Kier molecular flexibility index (Phi) is 10.3. The van der Waals surface area contributed by atoms with Gasteiger partial charge < -0.3 is 19.7 Å². The Morgan fingerprint density at radius 3 is 2.04 bits per heavy atom. The Hall–Kier alpha value is -1.66. The van der Waals surface area contributed by atoms with E-state index < -0.39 is 24.0 Å². The molecule has 0 amide bonds. The SMILES string of the molecule is C=C(C)C(=O)OC(CCCCCCC)C(O)(O)OC(=O)C(C)=C(C)C. The third kappa shape index (κ3) is 8.84. The van der Waals surface area contributed by atoms with Gasteiger partial charge in [0.15, 0.2) is 6.10 Å². The van der Waals surface area contributed by atoms with Gasteiger partial charge in [0.05, 0.1) is 0 Å². The highest BCUT2D eigenvalue weighted by molar-refractivity contribution is 5.89. The number of allylic oxidation sites excluding steroid dienone is 1. The normalized spacial score (nSPS) is 12.3. The monoisotopic (exact) mass is 356 g/mol. The molecule has 0 saturated heterocycles. The van der Waals surface area contributed by atoms with Crippen LogP contribution in [0, 0.1) is 0 Å². The van der Waals surface area contributed by atoms with E-state index in [1.165, 1.54) is 13.8 Å². The van der Waals surface area contributed by atoms with Gasteiger partial charge >= 0.3 is 17.9 Å². The maximum atomic E-state index is 12.0. The summed E-state index contributed by atoms with van der Waals surface area (Å²) < 4.78 is 9.88. The lowest BCUT2D eigenvalue weighted by Crippen LogP contribution is -2.49. The fourth-order valence-corrected chi connectivity index (χ4v) is 1.97. The van der Waals surface area contributed by atoms with Gasteiger partial charge in [0.1, 0.15) is 0 Å². The molecular weight excluding hydrogens is 324 g/mol. The average Bonchev–Trinajstić information content (AvgIpc) is 2.51. The average molecular weight is 356 g/mol. The zero-order valence-electron chi connectivity index (χ0n) is 16.1. The summed E-state index contributed by atoms with van der Waals surface area (Å²) in [6, 6.07) is 0. The quantitative estimate of drug-likeness (QED) is 0.255. The molecule has 0 heterocycles. The van der Waals surface area contributed by atoms with Crippen LogP contribution in [0.15, 0.2) is 23.3 Å². The molecule has 0 bridgehead atoms. The predicted octanol–water partition coefficient (Wildman–Crippen LogP) is 3.37. The number of esters is 2. The number of hydrogen-bond acceptors (Lipinski definition) is 6. The van der Waals surface area contributed by atoms with Crippen LogP contribution < -0.4 is 0 Å². The van der Waals surface area contributed by atoms with Crippen LogP contribution in [0.3, 0.4) is 0 Å². The van der Waals surface area contributed by atoms with Crippen LogP contribution in [0.1, 0.15) is 73.1 Å². The van der Waals surface area contributed by atoms with Gasteiger partial charge in [-0.15, -0.1) is 0 Å². The van der Waals surface area contributed by atoms with E-state index in [-0.39, 0.29) is 17.6 Å². The van der Waals surface area contributed by atoms with Gasteiger partial charge in [-0.2, -0.15) is 0 Å². The summed E-state index contributed by atoms with van der Waals surface area (Å²) in [5.41, 5.74) is 1.08. The molecule has 0 radical (unpaired) electrons. The number of aliphatic hydroxyl groups is 2. The van der Waals surface area contributed by atoms with E-state index in [1.54, 1.807) is 13.8 Å². The summed E-state index contributed by atoms with van der Waals surface area (Å²) in [6.07, 6.45) is 3.40. The van der Waals surface area contributed by atoms with Gasteiger partial charge in [-0.1, -0.05) is 44.8 Å². The molecule has 0 fully saturated rings. The molecular formula is C19H32O6. The van der Waals surface area contributed by atoms with Crippen LogP contribution in [-0.2, 0) is 19.1 Å². The van der Waals surface area contributed by atoms with Crippen LogP contribution >= 0.6 is 0 Å². The van der Waals surface area contributed by atoms with E-state index in [9.17, 15) is 19.8 Å². The molecule has 0 aromatic carbocycles. The van der Waals surface area contributed by atoms with Crippen LogP contribution in [0.25, 0.3) is 0 Å². The second-order valence-corrected chi connectivity index (χ2v) is 6.55. The van der Waals surface area contributed by atoms with Crippen molar-refractivity contribution < 1.29 is 29.3 Å². The van der Waals surface area contributed by atoms with Crippen molar-refractivity contribution in [3.8, 4) is 0 Å². The highest BCUT2D eigenvalue weighted by Crippen LogP contribution is 2.22. The Bertz CT molecular complexity index is 500. The first-order chi connectivity index (χ1) is 11.5. The van der Waals surface area contributed by atoms with Gasteiger partial charge in [0, 0.05) is 11.1 Å². The van der Waals surface area contributed by atoms with Gasteiger partial charge in [-0.3, -0.25) is 0 Å². The van der Waals surface area contributed by atoms with E-state index in [0.717, 1.165) is 25.7 Å². The Morgan fingerprint density at radius 2 is 1.56 bits per heavy atom. The second kappa shape index (κ2) is 11.1. The molecule has 0 aliphatic heterocycles. The molecule has 1 atom stereocenters. The minimum atomic E-state index is -2.90. The van der Waals surface area contributed by atoms with Crippen molar-refractivity contribution in [2.24, 2.45) is 0 Å². The van der Waals surface area contributed by atoms with Crippen molar-refractivity contribution in [2.45, 2.75) is 85.2 Å².